The van der Waals surface area contributed by atoms with Crippen molar-refractivity contribution in [2.24, 2.45) is 0 Å². The smallest absolute Gasteiger partial charge is 0.342 e. The van der Waals surface area contributed by atoms with Crippen LogP contribution >= 0.6 is 23.5 Å². The molecule has 0 spiro atoms. The van der Waals surface area contributed by atoms with Crippen molar-refractivity contribution in [1.29, 1.82) is 0 Å². The van der Waals surface area contributed by atoms with Gasteiger partial charge in [-0.1, -0.05) is 0 Å². The van der Waals surface area contributed by atoms with Gasteiger partial charge in [0.1, 0.15) is 17.6 Å². The van der Waals surface area contributed by atoms with Crippen molar-refractivity contribution in [3.05, 3.63) is 27.9 Å². The van der Waals surface area contributed by atoms with E-state index in [0.717, 1.165) is 23.5 Å². The highest BCUT2D eigenvalue weighted by Gasteiger charge is 2.21. The van der Waals surface area contributed by atoms with Gasteiger partial charge in [-0.2, -0.15) is 23.5 Å². The maximum atomic E-state index is 11.0. The van der Waals surface area contributed by atoms with E-state index in [4.69, 9.17) is 5.11 Å². The van der Waals surface area contributed by atoms with Crippen LogP contribution in [0.1, 0.15) is 10.4 Å². The fourth-order valence-electron chi connectivity index (χ4n) is 1.73. The van der Waals surface area contributed by atoms with Crippen LogP contribution in [0, 0.1) is 10.1 Å². The molecule has 1 aromatic rings. The second-order valence-electron chi connectivity index (χ2n) is 4.10. The van der Waals surface area contributed by atoms with Crippen LogP contribution < -0.4 is 5.32 Å². The molecule has 2 rings (SSSR count). The van der Waals surface area contributed by atoms with Crippen molar-refractivity contribution in [3.63, 3.8) is 0 Å². The Labute approximate surface area is 123 Å². The van der Waals surface area contributed by atoms with E-state index in [2.05, 4.69) is 10.3 Å². The van der Waals surface area contributed by atoms with E-state index >= 15 is 0 Å². The molecule has 0 amide bonds. The lowest BCUT2D eigenvalue weighted by atomic mass is 10.2. The molecular weight excluding hydrogens is 302 g/mol. The largest absolute Gasteiger partial charge is 0.477 e. The van der Waals surface area contributed by atoms with Crippen LogP contribution in [-0.4, -0.2) is 50.0 Å². The number of nitro groups is 1. The monoisotopic (exact) mass is 315 g/mol. The fourth-order valence-corrected chi connectivity index (χ4v) is 4.35. The first-order valence-electron chi connectivity index (χ1n) is 5.89. The quantitative estimate of drug-likeness (QED) is 0.627. The van der Waals surface area contributed by atoms with Crippen LogP contribution in [0.15, 0.2) is 12.3 Å². The highest BCUT2D eigenvalue weighted by atomic mass is 32.2. The SMILES string of the molecule is O=C(O)c1cc(NCC2CSCCS2)ncc1[N+](=O)[O-]. The van der Waals surface area contributed by atoms with Gasteiger partial charge in [0.25, 0.3) is 0 Å². The molecule has 1 aliphatic rings. The van der Waals surface area contributed by atoms with Gasteiger partial charge < -0.3 is 10.4 Å². The summed E-state index contributed by atoms with van der Waals surface area (Å²) in [5, 5.41) is 23.2. The summed E-state index contributed by atoms with van der Waals surface area (Å²) in [6.45, 7) is 0.668. The molecule has 1 atom stereocenters. The van der Waals surface area contributed by atoms with Gasteiger partial charge in [0.15, 0.2) is 0 Å². The first-order valence-corrected chi connectivity index (χ1v) is 8.09. The molecule has 0 radical (unpaired) electrons. The topological polar surface area (TPSA) is 105 Å². The number of carboxylic acids is 1. The average molecular weight is 315 g/mol. The molecule has 20 heavy (non-hydrogen) atoms. The Morgan fingerprint density at radius 1 is 1.60 bits per heavy atom. The number of pyridine rings is 1. The number of nitrogens with one attached hydrogen (secondary N) is 1. The molecule has 2 N–H and O–H groups in total. The van der Waals surface area contributed by atoms with Gasteiger partial charge in [0.2, 0.25) is 0 Å². The number of thioether (sulfide) groups is 2. The Balaban J connectivity index is 2.06. The average Bonchev–Trinajstić information content (AvgIpc) is 2.45. The Hall–Kier alpha value is -1.48. The first-order chi connectivity index (χ1) is 9.58. The molecule has 0 aliphatic carbocycles. The number of hydrogen-bond donors (Lipinski definition) is 2. The summed E-state index contributed by atoms with van der Waals surface area (Å²) in [5.41, 5.74) is -0.844. The van der Waals surface area contributed by atoms with E-state index in [1.54, 1.807) is 0 Å². The number of anilines is 1. The van der Waals surface area contributed by atoms with Crippen LogP contribution in [0.25, 0.3) is 0 Å². The maximum Gasteiger partial charge on any atom is 0.342 e. The summed E-state index contributed by atoms with van der Waals surface area (Å²) < 4.78 is 0. The summed E-state index contributed by atoms with van der Waals surface area (Å²) in [6.07, 6.45) is 0.981. The third kappa shape index (κ3) is 3.76. The van der Waals surface area contributed by atoms with E-state index in [0.29, 0.717) is 17.6 Å². The first kappa shape index (κ1) is 14.9. The zero-order valence-corrected chi connectivity index (χ0v) is 12.1. The van der Waals surface area contributed by atoms with E-state index in [1.165, 1.54) is 6.07 Å². The van der Waals surface area contributed by atoms with Crippen LogP contribution in [0.3, 0.4) is 0 Å². The second-order valence-corrected chi connectivity index (χ2v) is 6.66. The number of carboxylic acid groups (broad SMARTS) is 1. The van der Waals surface area contributed by atoms with Crippen molar-refractivity contribution in [2.75, 3.05) is 29.1 Å². The van der Waals surface area contributed by atoms with Crippen molar-refractivity contribution in [2.45, 2.75) is 5.25 Å². The number of hydrogen-bond acceptors (Lipinski definition) is 7. The normalized spacial score (nSPS) is 18.5. The lowest BCUT2D eigenvalue weighted by Crippen LogP contribution is -2.23. The number of nitrogens with zero attached hydrogens (tertiary/aromatic N) is 2. The minimum atomic E-state index is -1.33. The zero-order chi connectivity index (χ0) is 14.5. The summed E-state index contributed by atoms with van der Waals surface area (Å²) in [7, 11) is 0. The zero-order valence-electron chi connectivity index (χ0n) is 10.4. The molecule has 108 valence electrons. The van der Waals surface area contributed by atoms with Crippen molar-refractivity contribution >= 4 is 41.0 Å². The van der Waals surface area contributed by atoms with Gasteiger partial charge in [0.05, 0.1) is 4.92 Å². The Morgan fingerprint density at radius 2 is 2.40 bits per heavy atom. The van der Waals surface area contributed by atoms with E-state index in [1.807, 2.05) is 23.5 Å². The standard InChI is InChI=1S/C11H13N3O4S2/c15-11(16)8-3-10(13-5-9(8)14(17)18)12-4-7-6-19-1-2-20-7/h3,5,7H,1-2,4,6H2,(H,12,13)(H,15,16). The lowest BCUT2D eigenvalue weighted by Gasteiger charge is -2.21. The van der Waals surface area contributed by atoms with Gasteiger partial charge in [-0.3, -0.25) is 10.1 Å². The third-order valence-electron chi connectivity index (χ3n) is 2.71. The van der Waals surface area contributed by atoms with Crippen LogP contribution in [-0.2, 0) is 0 Å². The van der Waals surface area contributed by atoms with Gasteiger partial charge in [-0.25, -0.2) is 9.78 Å². The minimum Gasteiger partial charge on any atom is -0.477 e. The fraction of sp³-hybridized carbons (Fsp3) is 0.455. The maximum absolute atomic E-state index is 11.0. The molecule has 2 heterocycles. The van der Waals surface area contributed by atoms with Gasteiger partial charge in [0, 0.05) is 35.1 Å². The number of rotatable bonds is 5. The summed E-state index contributed by atoms with van der Waals surface area (Å²) in [4.78, 5) is 24.9. The van der Waals surface area contributed by atoms with E-state index in [9.17, 15) is 14.9 Å². The Bertz CT molecular complexity index is 520. The molecule has 0 bridgehead atoms. The predicted molar refractivity (Wildman–Crippen MR) is 79.9 cm³/mol. The molecule has 0 saturated carbocycles. The highest BCUT2D eigenvalue weighted by Crippen LogP contribution is 2.25. The molecule has 7 nitrogen and oxygen atoms in total. The summed E-state index contributed by atoms with van der Waals surface area (Å²) >= 11 is 3.75. The van der Waals surface area contributed by atoms with Crippen molar-refractivity contribution < 1.29 is 14.8 Å². The molecule has 9 heteroatoms. The lowest BCUT2D eigenvalue weighted by molar-refractivity contribution is -0.385. The molecule has 1 aromatic heterocycles. The summed E-state index contributed by atoms with van der Waals surface area (Å²) in [5.74, 6) is 2.32. The Morgan fingerprint density at radius 3 is 3.00 bits per heavy atom. The number of aromatic carboxylic acids is 1. The molecule has 1 fully saturated rings. The molecule has 1 saturated heterocycles. The minimum absolute atomic E-state index is 0.349. The Kier molecular flexibility index (Phi) is 5.07. The van der Waals surface area contributed by atoms with Gasteiger partial charge >= 0.3 is 11.7 Å². The number of aromatic nitrogens is 1. The highest BCUT2D eigenvalue weighted by molar-refractivity contribution is 8.06. The van der Waals surface area contributed by atoms with Crippen molar-refractivity contribution in [3.8, 4) is 0 Å². The molecule has 1 aliphatic heterocycles. The van der Waals surface area contributed by atoms with E-state index < -0.39 is 16.6 Å². The molecule has 0 aromatic carbocycles. The summed E-state index contributed by atoms with van der Waals surface area (Å²) in [6, 6.07) is 1.21. The predicted octanol–water partition coefficient (Wildman–Crippen LogP) is 1.95. The van der Waals surface area contributed by atoms with Crippen LogP contribution in [0.5, 0.6) is 0 Å². The second kappa shape index (κ2) is 6.80. The van der Waals surface area contributed by atoms with Crippen LogP contribution in [0.2, 0.25) is 0 Å². The van der Waals surface area contributed by atoms with Crippen LogP contribution in [0.4, 0.5) is 11.5 Å². The van der Waals surface area contributed by atoms with Gasteiger partial charge in [-0.05, 0) is 0 Å². The number of carbonyl (C=O) groups is 1. The van der Waals surface area contributed by atoms with Gasteiger partial charge in [-0.15, -0.1) is 0 Å². The van der Waals surface area contributed by atoms with Crippen molar-refractivity contribution in [1.82, 2.24) is 4.98 Å². The molecule has 1 unspecified atom stereocenters. The molecular formula is C11H13N3O4S2. The van der Waals surface area contributed by atoms with E-state index in [-0.39, 0.29) is 5.56 Å². The third-order valence-corrected chi connectivity index (χ3v) is 5.55.